The van der Waals surface area contributed by atoms with Crippen LogP contribution in [0.1, 0.15) is 31.9 Å². The molecule has 0 saturated carbocycles. The van der Waals surface area contributed by atoms with E-state index >= 15 is 0 Å². The van der Waals surface area contributed by atoms with Crippen molar-refractivity contribution in [2.45, 2.75) is 33.3 Å². The molecule has 0 amide bonds. The Morgan fingerprint density at radius 3 is 2.54 bits per heavy atom. The summed E-state index contributed by atoms with van der Waals surface area (Å²) in [6.45, 7) is 7.84. The molecule has 0 aliphatic heterocycles. The van der Waals surface area contributed by atoms with E-state index in [2.05, 4.69) is 4.98 Å². The fourth-order valence-corrected chi connectivity index (χ4v) is 1.30. The van der Waals surface area contributed by atoms with Crippen molar-refractivity contribution in [3.63, 3.8) is 0 Å². The first-order valence-electron chi connectivity index (χ1n) is 4.59. The molecule has 0 spiro atoms. The predicted octanol–water partition coefficient (Wildman–Crippen LogP) is 2.25. The van der Waals surface area contributed by atoms with E-state index in [1.807, 2.05) is 33.8 Å². The lowest BCUT2D eigenvalue weighted by atomic mass is 9.84. The average molecular weight is 179 g/mol. The molecule has 1 rings (SSSR count). The van der Waals surface area contributed by atoms with Crippen molar-refractivity contribution < 1.29 is 5.11 Å². The Kier molecular flexibility index (Phi) is 2.71. The minimum absolute atomic E-state index is 0.190. The van der Waals surface area contributed by atoms with E-state index in [0.29, 0.717) is 0 Å². The molecule has 0 bridgehead atoms. The lowest BCUT2D eigenvalue weighted by Gasteiger charge is -2.29. The molecule has 1 aromatic heterocycles. The standard InChI is InChI=1S/C11H17NO/c1-8(2)11(4,13)10-7-12-6-5-9(10)3/h5-8,13H,1-4H3. The molecule has 0 radical (unpaired) electrons. The van der Waals surface area contributed by atoms with Gasteiger partial charge in [-0.2, -0.15) is 0 Å². The largest absolute Gasteiger partial charge is 0.385 e. The quantitative estimate of drug-likeness (QED) is 0.755. The van der Waals surface area contributed by atoms with Gasteiger partial charge in [0.1, 0.15) is 0 Å². The third kappa shape index (κ3) is 1.89. The van der Waals surface area contributed by atoms with Gasteiger partial charge in [0, 0.05) is 18.0 Å². The van der Waals surface area contributed by atoms with Gasteiger partial charge in [0.05, 0.1) is 5.60 Å². The zero-order valence-corrected chi connectivity index (χ0v) is 8.70. The number of rotatable bonds is 2. The van der Waals surface area contributed by atoms with Crippen molar-refractivity contribution in [3.05, 3.63) is 29.6 Å². The van der Waals surface area contributed by atoms with Gasteiger partial charge < -0.3 is 5.11 Å². The summed E-state index contributed by atoms with van der Waals surface area (Å²) >= 11 is 0. The molecule has 2 heteroatoms. The number of aryl methyl sites for hydroxylation is 1. The zero-order chi connectivity index (χ0) is 10.1. The van der Waals surface area contributed by atoms with Crippen molar-refractivity contribution in [2.24, 2.45) is 5.92 Å². The van der Waals surface area contributed by atoms with Crippen LogP contribution in [0, 0.1) is 12.8 Å². The Hall–Kier alpha value is -0.890. The van der Waals surface area contributed by atoms with Crippen molar-refractivity contribution in [1.29, 1.82) is 0 Å². The van der Waals surface area contributed by atoms with Gasteiger partial charge in [-0.05, 0) is 31.4 Å². The van der Waals surface area contributed by atoms with E-state index in [9.17, 15) is 5.11 Å². The summed E-state index contributed by atoms with van der Waals surface area (Å²) < 4.78 is 0. The first-order chi connectivity index (χ1) is 5.96. The van der Waals surface area contributed by atoms with Gasteiger partial charge in [-0.25, -0.2) is 0 Å². The van der Waals surface area contributed by atoms with Gasteiger partial charge in [-0.3, -0.25) is 4.98 Å². The molecule has 0 aliphatic rings. The monoisotopic (exact) mass is 179 g/mol. The maximum atomic E-state index is 10.2. The summed E-state index contributed by atoms with van der Waals surface area (Å²) in [7, 11) is 0. The molecule has 72 valence electrons. The van der Waals surface area contributed by atoms with E-state index < -0.39 is 5.60 Å². The highest BCUT2D eigenvalue weighted by atomic mass is 16.3. The van der Waals surface area contributed by atoms with Crippen LogP contribution in [-0.2, 0) is 5.60 Å². The number of aliphatic hydroxyl groups is 1. The average Bonchev–Trinajstić information content (AvgIpc) is 2.04. The third-order valence-corrected chi connectivity index (χ3v) is 2.71. The third-order valence-electron chi connectivity index (χ3n) is 2.71. The van der Waals surface area contributed by atoms with Crippen LogP contribution in [-0.4, -0.2) is 10.1 Å². The Morgan fingerprint density at radius 1 is 1.46 bits per heavy atom. The molecule has 1 aromatic rings. The molecule has 1 N–H and O–H groups in total. The maximum Gasteiger partial charge on any atom is 0.0908 e. The fraction of sp³-hybridized carbons (Fsp3) is 0.545. The van der Waals surface area contributed by atoms with Crippen LogP contribution >= 0.6 is 0 Å². The molecule has 1 unspecified atom stereocenters. The van der Waals surface area contributed by atoms with Crippen LogP contribution in [0.4, 0.5) is 0 Å². The molecule has 0 aromatic carbocycles. The van der Waals surface area contributed by atoms with Crippen LogP contribution in [0.15, 0.2) is 18.5 Å². The highest BCUT2D eigenvalue weighted by Gasteiger charge is 2.28. The van der Waals surface area contributed by atoms with Gasteiger partial charge >= 0.3 is 0 Å². The summed E-state index contributed by atoms with van der Waals surface area (Å²) in [5.41, 5.74) is 1.23. The minimum atomic E-state index is -0.779. The summed E-state index contributed by atoms with van der Waals surface area (Å²) in [6, 6.07) is 1.92. The van der Waals surface area contributed by atoms with Gasteiger partial charge in [0.2, 0.25) is 0 Å². The minimum Gasteiger partial charge on any atom is -0.385 e. The molecule has 2 nitrogen and oxygen atoms in total. The summed E-state index contributed by atoms with van der Waals surface area (Å²) in [4.78, 5) is 4.03. The van der Waals surface area contributed by atoms with Crippen molar-refractivity contribution in [1.82, 2.24) is 4.98 Å². The second-order valence-electron chi connectivity index (χ2n) is 3.99. The lowest BCUT2D eigenvalue weighted by molar-refractivity contribution is 0.00815. The molecule has 0 saturated heterocycles. The second-order valence-corrected chi connectivity index (χ2v) is 3.99. The Bertz CT molecular complexity index is 292. The summed E-state index contributed by atoms with van der Waals surface area (Å²) in [5, 5.41) is 10.2. The fourth-order valence-electron chi connectivity index (χ4n) is 1.30. The summed E-state index contributed by atoms with van der Waals surface area (Å²) in [6.07, 6.45) is 3.49. The molecule has 13 heavy (non-hydrogen) atoms. The van der Waals surface area contributed by atoms with Crippen LogP contribution in [0.2, 0.25) is 0 Å². The van der Waals surface area contributed by atoms with Crippen molar-refractivity contribution in [3.8, 4) is 0 Å². The highest BCUT2D eigenvalue weighted by molar-refractivity contribution is 5.27. The van der Waals surface area contributed by atoms with E-state index in [0.717, 1.165) is 11.1 Å². The topological polar surface area (TPSA) is 33.1 Å². The van der Waals surface area contributed by atoms with Gasteiger partial charge in [-0.15, -0.1) is 0 Å². The lowest BCUT2D eigenvalue weighted by Crippen LogP contribution is -2.29. The van der Waals surface area contributed by atoms with Crippen LogP contribution < -0.4 is 0 Å². The van der Waals surface area contributed by atoms with E-state index in [1.165, 1.54) is 0 Å². The van der Waals surface area contributed by atoms with E-state index in [4.69, 9.17) is 0 Å². The normalized spacial score (nSPS) is 15.8. The molecular weight excluding hydrogens is 162 g/mol. The number of pyridine rings is 1. The zero-order valence-electron chi connectivity index (χ0n) is 8.70. The number of hydrogen-bond acceptors (Lipinski definition) is 2. The Balaban J connectivity index is 3.14. The van der Waals surface area contributed by atoms with E-state index in [-0.39, 0.29) is 5.92 Å². The Morgan fingerprint density at radius 2 is 2.08 bits per heavy atom. The number of nitrogens with zero attached hydrogens (tertiary/aromatic N) is 1. The van der Waals surface area contributed by atoms with Gasteiger partial charge in [0.25, 0.3) is 0 Å². The van der Waals surface area contributed by atoms with Crippen LogP contribution in [0.25, 0.3) is 0 Å². The molecule has 1 heterocycles. The predicted molar refractivity (Wildman–Crippen MR) is 53.4 cm³/mol. The van der Waals surface area contributed by atoms with Crippen molar-refractivity contribution in [2.75, 3.05) is 0 Å². The number of aromatic nitrogens is 1. The van der Waals surface area contributed by atoms with E-state index in [1.54, 1.807) is 12.4 Å². The molecule has 1 atom stereocenters. The number of hydrogen-bond donors (Lipinski definition) is 1. The smallest absolute Gasteiger partial charge is 0.0908 e. The maximum absolute atomic E-state index is 10.2. The summed E-state index contributed by atoms with van der Waals surface area (Å²) in [5.74, 6) is 0.190. The van der Waals surface area contributed by atoms with Gasteiger partial charge in [-0.1, -0.05) is 13.8 Å². The molecule has 0 aliphatic carbocycles. The van der Waals surface area contributed by atoms with Crippen molar-refractivity contribution >= 4 is 0 Å². The first kappa shape index (κ1) is 10.2. The van der Waals surface area contributed by atoms with Crippen LogP contribution in [0.3, 0.4) is 0 Å². The molecule has 0 fully saturated rings. The van der Waals surface area contributed by atoms with Crippen LogP contribution in [0.5, 0.6) is 0 Å². The highest BCUT2D eigenvalue weighted by Crippen LogP contribution is 2.30. The Labute approximate surface area is 79.6 Å². The molecular formula is C11H17NO. The SMILES string of the molecule is Cc1ccncc1C(C)(O)C(C)C. The second kappa shape index (κ2) is 3.46. The first-order valence-corrected chi connectivity index (χ1v) is 4.59. The van der Waals surface area contributed by atoms with Gasteiger partial charge in [0.15, 0.2) is 0 Å².